The van der Waals surface area contributed by atoms with Gasteiger partial charge in [0.15, 0.2) is 5.69 Å². The maximum atomic E-state index is 13.0. The van der Waals surface area contributed by atoms with Crippen molar-refractivity contribution in [2.45, 2.75) is 13.0 Å². The van der Waals surface area contributed by atoms with Crippen LogP contribution in [0.2, 0.25) is 0 Å². The predicted octanol–water partition coefficient (Wildman–Crippen LogP) is 0.985. The highest BCUT2D eigenvalue weighted by Gasteiger charge is 2.21. The van der Waals surface area contributed by atoms with Crippen LogP contribution in [0.5, 0.6) is 0 Å². The molecule has 2 aromatic rings. The first-order valence-corrected chi connectivity index (χ1v) is 7.24. The molecule has 0 radical (unpaired) electrons. The van der Waals surface area contributed by atoms with Crippen LogP contribution in [-0.4, -0.2) is 35.1 Å². The van der Waals surface area contributed by atoms with Crippen LogP contribution in [0, 0.1) is 5.82 Å². The largest absolute Gasteiger partial charge is 0.342 e. The Balaban J connectivity index is 0.00000208. The molecule has 0 fully saturated rings. The van der Waals surface area contributed by atoms with E-state index in [1.54, 1.807) is 6.07 Å². The highest BCUT2D eigenvalue weighted by Crippen LogP contribution is 2.15. The predicted molar refractivity (Wildman–Crippen MR) is 88.6 cm³/mol. The minimum absolute atomic E-state index is 0. The lowest BCUT2D eigenvalue weighted by molar-refractivity contribution is -0.115. The Morgan fingerprint density at radius 3 is 2.96 bits per heavy atom. The number of nitrogens with zero attached hydrogens (tertiary/aromatic N) is 1. The summed E-state index contributed by atoms with van der Waals surface area (Å²) >= 11 is 0. The van der Waals surface area contributed by atoms with E-state index in [1.807, 2.05) is 0 Å². The van der Waals surface area contributed by atoms with E-state index in [1.165, 1.54) is 18.2 Å². The van der Waals surface area contributed by atoms with Crippen LogP contribution >= 0.6 is 12.4 Å². The molecule has 0 spiro atoms. The van der Waals surface area contributed by atoms with Crippen molar-refractivity contribution in [3.8, 4) is 0 Å². The van der Waals surface area contributed by atoms with Gasteiger partial charge in [0.05, 0.1) is 6.54 Å². The minimum Gasteiger partial charge on any atom is -0.342 e. The van der Waals surface area contributed by atoms with E-state index >= 15 is 0 Å². The van der Waals surface area contributed by atoms with E-state index < -0.39 is 17.6 Å². The van der Waals surface area contributed by atoms with Gasteiger partial charge in [-0.15, -0.1) is 12.4 Å². The van der Waals surface area contributed by atoms with Crippen LogP contribution in [0.1, 0.15) is 21.7 Å². The number of rotatable bonds is 4. The third-order valence-electron chi connectivity index (χ3n) is 3.54. The number of hydrogen-bond donors (Lipinski definition) is 4. The van der Waals surface area contributed by atoms with Gasteiger partial charge < -0.3 is 16.0 Å². The fraction of sp³-hybridized carbons (Fsp3) is 0.267. The first-order chi connectivity index (χ1) is 11.1. The third-order valence-corrected chi connectivity index (χ3v) is 3.54. The molecule has 0 saturated carbocycles. The molecule has 1 aliphatic heterocycles. The normalized spacial score (nSPS) is 12.7. The van der Waals surface area contributed by atoms with E-state index in [-0.39, 0.29) is 19.0 Å². The highest BCUT2D eigenvalue weighted by atomic mass is 35.5. The molecule has 0 atom stereocenters. The fourth-order valence-corrected chi connectivity index (χ4v) is 2.43. The van der Waals surface area contributed by atoms with Crippen LogP contribution in [-0.2, 0) is 17.8 Å². The van der Waals surface area contributed by atoms with Gasteiger partial charge in [0, 0.05) is 36.5 Å². The lowest BCUT2D eigenvalue weighted by Gasteiger charge is -2.12. The van der Waals surface area contributed by atoms with E-state index in [9.17, 15) is 14.0 Å². The van der Waals surface area contributed by atoms with Crippen molar-refractivity contribution in [2.24, 2.45) is 0 Å². The van der Waals surface area contributed by atoms with Gasteiger partial charge in [-0.1, -0.05) is 6.07 Å². The zero-order valence-corrected chi connectivity index (χ0v) is 13.5. The third kappa shape index (κ3) is 4.09. The second-order valence-corrected chi connectivity index (χ2v) is 5.20. The molecule has 7 nitrogen and oxygen atoms in total. The molecule has 3 rings (SSSR count). The number of fused-ring (bicyclic) bond motifs is 1. The number of amides is 2. The number of aromatic nitrogens is 2. The Kier molecular flexibility index (Phi) is 5.88. The van der Waals surface area contributed by atoms with Crippen molar-refractivity contribution in [1.29, 1.82) is 0 Å². The second kappa shape index (κ2) is 7.89. The maximum absolute atomic E-state index is 13.0. The molecule has 0 saturated heterocycles. The van der Waals surface area contributed by atoms with Gasteiger partial charge in [-0.05, 0) is 18.2 Å². The van der Waals surface area contributed by atoms with Crippen molar-refractivity contribution in [3.05, 3.63) is 47.0 Å². The first kappa shape index (κ1) is 17.9. The standard InChI is InChI=1S/C15H16FN5O2.ClH/c16-9-2-1-3-10(6-9)19-13(22)8-18-15(23)14-11-7-17-5-4-12(11)20-21-14;/h1-3,6,17H,4-5,7-8H2,(H,18,23)(H,19,22)(H,20,21);1H. The average molecular weight is 354 g/mol. The van der Waals surface area contributed by atoms with E-state index in [2.05, 4.69) is 26.1 Å². The zero-order valence-electron chi connectivity index (χ0n) is 12.7. The molecule has 2 amide bonds. The summed E-state index contributed by atoms with van der Waals surface area (Å²) in [4.78, 5) is 23.9. The number of nitrogens with one attached hydrogen (secondary N) is 4. The molecule has 0 bridgehead atoms. The Morgan fingerprint density at radius 1 is 1.33 bits per heavy atom. The summed E-state index contributed by atoms with van der Waals surface area (Å²) < 4.78 is 13.0. The van der Waals surface area contributed by atoms with E-state index in [0.717, 1.165) is 24.2 Å². The number of halogens is 2. The van der Waals surface area contributed by atoms with Crippen LogP contribution in [0.15, 0.2) is 24.3 Å². The highest BCUT2D eigenvalue weighted by molar-refractivity contribution is 5.99. The van der Waals surface area contributed by atoms with Gasteiger partial charge in [0.2, 0.25) is 5.91 Å². The van der Waals surface area contributed by atoms with Gasteiger partial charge in [-0.3, -0.25) is 14.7 Å². The first-order valence-electron chi connectivity index (χ1n) is 7.24. The lowest BCUT2D eigenvalue weighted by Crippen LogP contribution is -2.34. The molecule has 2 heterocycles. The smallest absolute Gasteiger partial charge is 0.272 e. The summed E-state index contributed by atoms with van der Waals surface area (Å²) in [7, 11) is 0. The number of carbonyl (C=O) groups is 2. The van der Waals surface area contributed by atoms with Crippen LogP contribution in [0.4, 0.5) is 10.1 Å². The molecule has 1 aromatic carbocycles. The second-order valence-electron chi connectivity index (χ2n) is 5.20. The zero-order chi connectivity index (χ0) is 16.2. The minimum atomic E-state index is -0.442. The van der Waals surface area contributed by atoms with Gasteiger partial charge in [0.25, 0.3) is 5.91 Å². The SMILES string of the molecule is Cl.O=C(CNC(=O)c1n[nH]c2c1CNCC2)Nc1cccc(F)c1. The molecular formula is C15H17ClFN5O2. The van der Waals surface area contributed by atoms with Gasteiger partial charge in [0.1, 0.15) is 5.82 Å². The summed E-state index contributed by atoms with van der Waals surface area (Å²) in [5.41, 5.74) is 2.41. The molecule has 4 N–H and O–H groups in total. The van der Waals surface area contributed by atoms with Crippen LogP contribution < -0.4 is 16.0 Å². The quantitative estimate of drug-likeness (QED) is 0.658. The monoisotopic (exact) mass is 353 g/mol. The average Bonchev–Trinajstić information content (AvgIpc) is 2.97. The van der Waals surface area contributed by atoms with Crippen LogP contribution in [0.3, 0.4) is 0 Å². The Morgan fingerprint density at radius 2 is 2.17 bits per heavy atom. The maximum Gasteiger partial charge on any atom is 0.272 e. The summed E-state index contributed by atoms with van der Waals surface area (Å²) in [6.45, 7) is 1.20. The molecule has 0 unspecified atom stereocenters. The fourth-order valence-electron chi connectivity index (χ4n) is 2.43. The summed E-state index contributed by atoms with van der Waals surface area (Å²) in [5.74, 6) is -1.30. The topological polar surface area (TPSA) is 98.9 Å². The molecule has 24 heavy (non-hydrogen) atoms. The van der Waals surface area contributed by atoms with Crippen molar-refractivity contribution < 1.29 is 14.0 Å². The lowest BCUT2D eigenvalue weighted by atomic mass is 10.1. The van der Waals surface area contributed by atoms with Crippen LogP contribution in [0.25, 0.3) is 0 Å². The van der Waals surface area contributed by atoms with Crippen molar-refractivity contribution in [3.63, 3.8) is 0 Å². The Bertz CT molecular complexity index is 749. The summed E-state index contributed by atoms with van der Waals surface area (Å²) in [6, 6.07) is 5.55. The molecule has 9 heteroatoms. The van der Waals surface area contributed by atoms with Gasteiger partial charge >= 0.3 is 0 Å². The summed E-state index contributed by atoms with van der Waals surface area (Å²) in [5, 5.41) is 15.1. The number of aromatic amines is 1. The number of carbonyl (C=O) groups excluding carboxylic acids is 2. The van der Waals surface area contributed by atoms with Crippen molar-refractivity contribution >= 4 is 29.9 Å². The number of H-pyrrole nitrogens is 1. The molecular weight excluding hydrogens is 337 g/mol. The number of hydrogen-bond acceptors (Lipinski definition) is 4. The van der Waals surface area contributed by atoms with Gasteiger partial charge in [-0.25, -0.2) is 4.39 Å². The van der Waals surface area contributed by atoms with Crippen molar-refractivity contribution in [1.82, 2.24) is 20.8 Å². The molecule has 1 aromatic heterocycles. The Hall–Kier alpha value is -2.45. The molecule has 0 aliphatic carbocycles. The van der Waals surface area contributed by atoms with Gasteiger partial charge in [-0.2, -0.15) is 5.10 Å². The summed E-state index contributed by atoms with van der Waals surface area (Å²) in [6.07, 6.45) is 0.787. The van der Waals surface area contributed by atoms with E-state index in [0.29, 0.717) is 17.9 Å². The van der Waals surface area contributed by atoms with E-state index in [4.69, 9.17) is 0 Å². The number of anilines is 1. The van der Waals surface area contributed by atoms with Crippen molar-refractivity contribution in [2.75, 3.05) is 18.4 Å². The molecule has 1 aliphatic rings. The number of benzene rings is 1. The Labute approximate surface area is 143 Å². The molecule has 128 valence electrons.